The summed E-state index contributed by atoms with van der Waals surface area (Å²) >= 11 is 1.69. The van der Waals surface area contributed by atoms with Crippen molar-refractivity contribution in [3.8, 4) is 5.75 Å². The molecule has 0 unspecified atom stereocenters. The van der Waals surface area contributed by atoms with Crippen molar-refractivity contribution >= 4 is 17.7 Å². The second-order valence-electron chi connectivity index (χ2n) is 5.13. The number of aliphatic hydroxyl groups is 1. The van der Waals surface area contributed by atoms with E-state index in [2.05, 4.69) is 6.58 Å². The van der Waals surface area contributed by atoms with Gasteiger partial charge in [0, 0.05) is 23.5 Å². The van der Waals surface area contributed by atoms with E-state index in [1.54, 1.807) is 42.1 Å². The average molecular weight is 328 g/mol. The molecule has 120 valence electrons. The number of aliphatic hydroxyl groups excluding tert-OH is 1. The summed E-state index contributed by atoms with van der Waals surface area (Å²) in [5, 5.41) is 10.5. The molecule has 0 amide bonds. The van der Waals surface area contributed by atoms with E-state index in [1.807, 2.05) is 30.3 Å². The molecule has 0 bridgehead atoms. The van der Waals surface area contributed by atoms with Crippen molar-refractivity contribution in [2.24, 2.45) is 5.92 Å². The Morgan fingerprint density at radius 2 is 1.87 bits per heavy atom. The van der Waals surface area contributed by atoms with Crippen molar-refractivity contribution in [2.45, 2.75) is 17.9 Å². The molecule has 0 aliphatic heterocycles. The third-order valence-electron chi connectivity index (χ3n) is 3.38. The van der Waals surface area contributed by atoms with Crippen LogP contribution in [0.25, 0.3) is 0 Å². The molecule has 0 aliphatic carbocycles. The van der Waals surface area contributed by atoms with Crippen LogP contribution >= 0.6 is 11.8 Å². The highest BCUT2D eigenvalue weighted by molar-refractivity contribution is 7.99. The smallest absolute Gasteiger partial charge is 0.308 e. The lowest BCUT2D eigenvalue weighted by Crippen LogP contribution is -2.13. The lowest BCUT2D eigenvalue weighted by atomic mass is 9.97. The van der Waals surface area contributed by atoms with Crippen LogP contribution < -0.4 is 4.74 Å². The zero-order valence-electron chi connectivity index (χ0n) is 13.0. The SMILES string of the molecule is C=C[C@@H](CSc1ccccc1)[C@@H](O)c1ccc(OC(C)=O)cc1. The van der Waals surface area contributed by atoms with Crippen molar-refractivity contribution in [3.05, 3.63) is 72.8 Å². The van der Waals surface area contributed by atoms with E-state index in [0.717, 1.165) is 16.2 Å². The van der Waals surface area contributed by atoms with Gasteiger partial charge in [-0.15, -0.1) is 18.3 Å². The largest absolute Gasteiger partial charge is 0.427 e. The van der Waals surface area contributed by atoms with Crippen LogP contribution in [0.4, 0.5) is 0 Å². The Bertz CT molecular complexity index is 637. The van der Waals surface area contributed by atoms with Crippen LogP contribution in [0.1, 0.15) is 18.6 Å². The van der Waals surface area contributed by atoms with Gasteiger partial charge < -0.3 is 9.84 Å². The number of hydrogen-bond acceptors (Lipinski definition) is 4. The highest BCUT2D eigenvalue weighted by Crippen LogP contribution is 2.30. The van der Waals surface area contributed by atoms with Crippen LogP contribution in [0.2, 0.25) is 0 Å². The molecule has 2 aromatic carbocycles. The van der Waals surface area contributed by atoms with Gasteiger partial charge in [-0.3, -0.25) is 4.79 Å². The number of thioether (sulfide) groups is 1. The van der Waals surface area contributed by atoms with Gasteiger partial charge in [-0.25, -0.2) is 0 Å². The van der Waals surface area contributed by atoms with E-state index in [0.29, 0.717) is 5.75 Å². The van der Waals surface area contributed by atoms with Crippen molar-refractivity contribution in [1.29, 1.82) is 0 Å². The molecule has 0 spiro atoms. The number of ether oxygens (including phenoxy) is 1. The van der Waals surface area contributed by atoms with Gasteiger partial charge in [0.25, 0.3) is 0 Å². The summed E-state index contributed by atoms with van der Waals surface area (Å²) in [5.41, 5.74) is 0.777. The van der Waals surface area contributed by atoms with Crippen LogP contribution in [0.5, 0.6) is 5.75 Å². The van der Waals surface area contributed by atoms with E-state index < -0.39 is 6.10 Å². The molecule has 23 heavy (non-hydrogen) atoms. The van der Waals surface area contributed by atoms with E-state index in [9.17, 15) is 9.90 Å². The third-order valence-corrected chi connectivity index (χ3v) is 4.53. The van der Waals surface area contributed by atoms with Crippen LogP contribution in [0, 0.1) is 5.92 Å². The molecular weight excluding hydrogens is 308 g/mol. The minimum absolute atomic E-state index is 0.0696. The quantitative estimate of drug-likeness (QED) is 0.357. The van der Waals surface area contributed by atoms with Gasteiger partial charge in [-0.1, -0.05) is 36.4 Å². The van der Waals surface area contributed by atoms with Crippen LogP contribution in [0.15, 0.2) is 72.1 Å². The second-order valence-corrected chi connectivity index (χ2v) is 6.22. The van der Waals surface area contributed by atoms with Gasteiger partial charge in [0.1, 0.15) is 5.75 Å². The van der Waals surface area contributed by atoms with Gasteiger partial charge >= 0.3 is 5.97 Å². The van der Waals surface area contributed by atoms with Crippen molar-refractivity contribution in [1.82, 2.24) is 0 Å². The molecule has 2 rings (SSSR count). The number of benzene rings is 2. The van der Waals surface area contributed by atoms with Gasteiger partial charge in [-0.05, 0) is 29.8 Å². The number of carbonyl (C=O) groups excluding carboxylic acids is 1. The highest BCUT2D eigenvalue weighted by atomic mass is 32.2. The molecule has 3 nitrogen and oxygen atoms in total. The van der Waals surface area contributed by atoms with E-state index in [4.69, 9.17) is 4.74 Å². The lowest BCUT2D eigenvalue weighted by molar-refractivity contribution is -0.131. The first-order valence-electron chi connectivity index (χ1n) is 7.37. The molecule has 0 radical (unpaired) electrons. The van der Waals surface area contributed by atoms with Gasteiger partial charge in [0.2, 0.25) is 0 Å². The highest BCUT2D eigenvalue weighted by Gasteiger charge is 2.18. The minimum atomic E-state index is -0.643. The summed E-state index contributed by atoms with van der Waals surface area (Å²) < 4.78 is 5.00. The third kappa shape index (κ3) is 5.27. The molecule has 0 fully saturated rings. The predicted molar refractivity (Wildman–Crippen MR) is 93.6 cm³/mol. The maximum atomic E-state index is 10.9. The van der Waals surface area contributed by atoms with Crippen LogP contribution in [-0.4, -0.2) is 16.8 Å². The molecule has 0 aliphatic rings. The molecule has 1 N–H and O–H groups in total. The molecule has 2 aromatic rings. The maximum Gasteiger partial charge on any atom is 0.308 e. The zero-order chi connectivity index (χ0) is 16.7. The number of rotatable bonds is 7. The normalized spacial score (nSPS) is 13.1. The van der Waals surface area contributed by atoms with Crippen molar-refractivity contribution in [2.75, 3.05) is 5.75 Å². The molecule has 0 saturated heterocycles. The summed E-state index contributed by atoms with van der Waals surface area (Å²) in [5.74, 6) is 0.781. The summed E-state index contributed by atoms with van der Waals surface area (Å²) in [4.78, 5) is 12.1. The Kier molecular flexibility index (Phi) is 6.44. The Labute approximate surface area is 141 Å². The first-order chi connectivity index (χ1) is 11.1. The van der Waals surface area contributed by atoms with Crippen LogP contribution in [0.3, 0.4) is 0 Å². The molecule has 0 heterocycles. The Hall–Kier alpha value is -2.04. The molecule has 4 heteroatoms. The summed E-state index contributed by atoms with van der Waals surface area (Å²) in [6.45, 7) is 5.19. The fraction of sp³-hybridized carbons (Fsp3) is 0.211. The first kappa shape index (κ1) is 17.3. The molecule has 0 saturated carbocycles. The molecule has 0 aromatic heterocycles. The fourth-order valence-corrected chi connectivity index (χ4v) is 3.20. The van der Waals surface area contributed by atoms with Crippen LogP contribution in [-0.2, 0) is 4.79 Å². The number of carbonyl (C=O) groups is 1. The van der Waals surface area contributed by atoms with E-state index >= 15 is 0 Å². The monoisotopic (exact) mass is 328 g/mol. The first-order valence-corrected chi connectivity index (χ1v) is 8.35. The Morgan fingerprint density at radius 1 is 1.22 bits per heavy atom. The zero-order valence-corrected chi connectivity index (χ0v) is 13.8. The minimum Gasteiger partial charge on any atom is -0.427 e. The summed E-state index contributed by atoms with van der Waals surface area (Å²) in [6.07, 6.45) is 1.13. The topological polar surface area (TPSA) is 46.5 Å². The second kappa shape index (κ2) is 8.56. The predicted octanol–water partition coefficient (Wildman–Crippen LogP) is 4.24. The Morgan fingerprint density at radius 3 is 2.43 bits per heavy atom. The molecule has 2 atom stereocenters. The summed E-state index contributed by atoms with van der Waals surface area (Å²) in [6, 6.07) is 17.0. The Balaban J connectivity index is 1.99. The van der Waals surface area contributed by atoms with Crippen molar-refractivity contribution < 1.29 is 14.6 Å². The fourth-order valence-electron chi connectivity index (χ4n) is 2.14. The summed E-state index contributed by atoms with van der Waals surface area (Å²) in [7, 11) is 0. The van der Waals surface area contributed by atoms with Gasteiger partial charge in [-0.2, -0.15) is 0 Å². The average Bonchev–Trinajstić information content (AvgIpc) is 2.56. The van der Waals surface area contributed by atoms with Crippen molar-refractivity contribution in [3.63, 3.8) is 0 Å². The lowest BCUT2D eigenvalue weighted by Gasteiger charge is -2.20. The number of esters is 1. The number of hydrogen-bond donors (Lipinski definition) is 1. The van der Waals surface area contributed by atoms with E-state index in [1.165, 1.54) is 6.92 Å². The molecular formula is C19H20O3S. The van der Waals surface area contributed by atoms with Gasteiger partial charge in [0.15, 0.2) is 0 Å². The standard InChI is InChI=1S/C19H20O3S/c1-3-15(13-23-18-7-5-4-6-8-18)19(21)16-9-11-17(12-10-16)22-14(2)20/h3-12,15,19,21H,1,13H2,2H3/t15-,19+/m0/s1. The maximum absolute atomic E-state index is 10.9. The van der Waals surface area contributed by atoms with E-state index in [-0.39, 0.29) is 11.9 Å². The van der Waals surface area contributed by atoms with Gasteiger partial charge in [0.05, 0.1) is 6.10 Å².